The predicted molar refractivity (Wildman–Crippen MR) is 93.8 cm³/mol. The summed E-state index contributed by atoms with van der Waals surface area (Å²) in [5, 5.41) is 4.11. The normalized spacial score (nSPS) is 12.0. The molecule has 3 rings (SSSR count). The second-order valence-corrected chi connectivity index (χ2v) is 6.00. The zero-order valence-electron chi connectivity index (χ0n) is 13.9. The fraction of sp³-hybridized carbons (Fsp3) is 0.250. The van der Waals surface area contributed by atoms with Crippen LogP contribution in [0.25, 0.3) is 0 Å². The maximum absolute atomic E-state index is 13.4. The van der Waals surface area contributed by atoms with E-state index < -0.39 is 11.9 Å². The van der Waals surface area contributed by atoms with Crippen molar-refractivity contribution in [1.82, 2.24) is 14.8 Å². The number of Topliss-reactive ketones (excluding diaryl/α,β-unsaturated/α-hetero) is 1. The van der Waals surface area contributed by atoms with E-state index in [4.69, 9.17) is 0 Å². The van der Waals surface area contributed by atoms with Crippen LogP contribution in [-0.4, -0.2) is 20.5 Å². The number of unbranched alkanes of at least 4 members (excludes halogenated alkanes) is 1. The SMILES string of the molecule is O=C(c1cccc(F)c1)C(CCCCc1ccccc1)n1cncn1. The van der Waals surface area contributed by atoms with E-state index in [0.717, 1.165) is 19.3 Å². The first-order valence-electron chi connectivity index (χ1n) is 8.42. The highest BCUT2D eigenvalue weighted by atomic mass is 19.1. The van der Waals surface area contributed by atoms with Crippen LogP contribution in [-0.2, 0) is 6.42 Å². The highest BCUT2D eigenvalue weighted by Crippen LogP contribution is 2.21. The molecule has 0 spiro atoms. The van der Waals surface area contributed by atoms with E-state index in [0.29, 0.717) is 12.0 Å². The van der Waals surface area contributed by atoms with Gasteiger partial charge in [0, 0.05) is 5.56 Å². The number of hydrogen-bond donors (Lipinski definition) is 0. The number of aromatic nitrogens is 3. The lowest BCUT2D eigenvalue weighted by Crippen LogP contribution is -2.20. The van der Waals surface area contributed by atoms with Crippen molar-refractivity contribution in [3.63, 3.8) is 0 Å². The molecular weight excluding hydrogens is 317 g/mol. The van der Waals surface area contributed by atoms with Crippen LogP contribution >= 0.6 is 0 Å². The van der Waals surface area contributed by atoms with E-state index in [1.165, 1.54) is 24.0 Å². The first kappa shape index (κ1) is 17.0. The van der Waals surface area contributed by atoms with Crippen molar-refractivity contribution < 1.29 is 9.18 Å². The molecule has 0 aliphatic carbocycles. The third kappa shape index (κ3) is 4.59. The van der Waals surface area contributed by atoms with Gasteiger partial charge in [0.05, 0.1) is 0 Å². The summed E-state index contributed by atoms with van der Waals surface area (Å²) in [6.07, 6.45) is 6.42. The average Bonchev–Trinajstić information content (AvgIpc) is 3.16. The molecule has 1 heterocycles. The number of halogens is 1. The summed E-state index contributed by atoms with van der Waals surface area (Å²) in [4.78, 5) is 16.7. The Balaban J connectivity index is 1.65. The van der Waals surface area contributed by atoms with Gasteiger partial charge in [-0.25, -0.2) is 14.1 Å². The van der Waals surface area contributed by atoms with Gasteiger partial charge in [0.15, 0.2) is 5.78 Å². The molecule has 4 nitrogen and oxygen atoms in total. The standard InChI is InChI=1S/C20H20FN3O/c21-18-11-6-10-17(13-18)20(25)19(24-15-22-14-23-24)12-5-4-9-16-7-2-1-3-8-16/h1-3,6-8,10-11,13-15,19H,4-5,9,12H2. The van der Waals surface area contributed by atoms with Crippen LogP contribution in [0.3, 0.4) is 0 Å². The molecular formula is C20H20FN3O. The Morgan fingerprint density at radius 1 is 1.08 bits per heavy atom. The molecule has 0 amide bonds. The molecule has 0 fully saturated rings. The average molecular weight is 337 g/mol. The summed E-state index contributed by atoms with van der Waals surface area (Å²) in [6.45, 7) is 0. The summed E-state index contributed by atoms with van der Waals surface area (Å²) in [5.41, 5.74) is 1.65. The first-order valence-corrected chi connectivity index (χ1v) is 8.42. The highest BCUT2D eigenvalue weighted by Gasteiger charge is 2.22. The summed E-state index contributed by atoms with van der Waals surface area (Å²) < 4.78 is 15.0. The molecule has 0 aliphatic heterocycles. The molecule has 0 saturated heterocycles. The van der Waals surface area contributed by atoms with Gasteiger partial charge >= 0.3 is 0 Å². The Bertz CT molecular complexity index is 803. The minimum atomic E-state index is -0.458. The lowest BCUT2D eigenvalue weighted by Gasteiger charge is -2.16. The molecule has 0 N–H and O–H groups in total. The van der Waals surface area contributed by atoms with Gasteiger partial charge in [0.25, 0.3) is 0 Å². The molecule has 0 bridgehead atoms. The summed E-state index contributed by atoms with van der Waals surface area (Å²) in [5.74, 6) is -0.544. The largest absolute Gasteiger partial charge is 0.292 e. The van der Waals surface area contributed by atoms with Gasteiger partial charge in [0.2, 0.25) is 0 Å². The Labute approximate surface area is 146 Å². The van der Waals surface area contributed by atoms with Gasteiger partial charge in [-0.1, -0.05) is 48.9 Å². The van der Waals surface area contributed by atoms with E-state index in [-0.39, 0.29) is 5.78 Å². The third-order valence-electron chi connectivity index (χ3n) is 4.20. The van der Waals surface area contributed by atoms with Crippen molar-refractivity contribution in [2.45, 2.75) is 31.7 Å². The second kappa shape index (κ2) is 8.33. The molecule has 1 unspecified atom stereocenters. The maximum Gasteiger partial charge on any atom is 0.187 e. The quantitative estimate of drug-likeness (QED) is 0.456. The van der Waals surface area contributed by atoms with Crippen LogP contribution in [0.2, 0.25) is 0 Å². The van der Waals surface area contributed by atoms with E-state index in [1.807, 2.05) is 18.2 Å². The molecule has 128 valence electrons. The summed E-state index contributed by atoms with van der Waals surface area (Å²) >= 11 is 0. The van der Waals surface area contributed by atoms with E-state index in [2.05, 4.69) is 22.2 Å². The van der Waals surface area contributed by atoms with Crippen LogP contribution < -0.4 is 0 Å². The molecule has 1 atom stereocenters. The van der Waals surface area contributed by atoms with Crippen molar-refractivity contribution in [3.05, 3.63) is 84.2 Å². The van der Waals surface area contributed by atoms with Crippen molar-refractivity contribution in [2.24, 2.45) is 0 Å². The fourth-order valence-electron chi connectivity index (χ4n) is 2.91. The summed E-state index contributed by atoms with van der Waals surface area (Å²) in [7, 11) is 0. The Hall–Kier alpha value is -2.82. The minimum Gasteiger partial charge on any atom is -0.292 e. The topological polar surface area (TPSA) is 47.8 Å². The molecule has 25 heavy (non-hydrogen) atoms. The number of rotatable bonds is 8. The lowest BCUT2D eigenvalue weighted by molar-refractivity contribution is 0.0908. The smallest absolute Gasteiger partial charge is 0.187 e. The zero-order valence-corrected chi connectivity index (χ0v) is 13.9. The lowest BCUT2D eigenvalue weighted by atomic mass is 9.98. The van der Waals surface area contributed by atoms with E-state index >= 15 is 0 Å². The number of carbonyl (C=O) groups is 1. The van der Waals surface area contributed by atoms with Crippen molar-refractivity contribution in [1.29, 1.82) is 0 Å². The van der Waals surface area contributed by atoms with Crippen LogP contribution in [0.5, 0.6) is 0 Å². The van der Waals surface area contributed by atoms with Gasteiger partial charge in [-0.05, 0) is 37.0 Å². The number of nitrogens with zero attached hydrogens (tertiary/aromatic N) is 3. The molecule has 3 aromatic rings. The maximum atomic E-state index is 13.4. The van der Waals surface area contributed by atoms with Crippen molar-refractivity contribution in [3.8, 4) is 0 Å². The number of hydrogen-bond acceptors (Lipinski definition) is 3. The number of ketones is 1. The molecule has 0 radical (unpaired) electrons. The fourth-order valence-corrected chi connectivity index (χ4v) is 2.91. The summed E-state index contributed by atoms with van der Waals surface area (Å²) in [6, 6.07) is 15.6. The van der Waals surface area contributed by atoms with E-state index in [1.54, 1.807) is 23.1 Å². The van der Waals surface area contributed by atoms with Gasteiger partial charge < -0.3 is 0 Å². The van der Waals surface area contributed by atoms with Crippen LogP contribution in [0.15, 0.2) is 67.3 Å². The van der Waals surface area contributed by atoms with Crippen LogP contribution in [0.1, 0.15) is 41.2 Å². The monoisotopic (exact) mass is 337 g/mol. The van der Waals surface area contributed by atoms with Crippen LogP contribution in [0, 0.1) is 5.82 Å². The van der Waals surface area contributed by atoms with Gasteiger partial charge in [-0.3, -0.25) is 4.79 Å². The molecule has 5 heteroatoms. The predicted octanol–water partition coefficient (Wildman–Crippen LogP) is 4.25. The molecule has 1 aromatic heterocycles. The highest BCUT2D eigenvalue weighted by molar-refractivity contribution is 5.98. The molecule has 0 saturated carbocycles. The van der Waals surface area contributed by atoms with Gasteiger partial charge in [-0.2, -0.15) is 5.10 Å². The molecule has 0 aliphatic rings. The van der Waals surface area contributed by atoms with Crippen LogP contribution in [0.4, 0.5) is 4.39 Å². The Kier molecular flexibility index (Phi) is 5.67. The zero-order chi connectivity index (χ0) is 17.5. The number of carbonyl (C=O) groups excluding carboxylic acids is 1. The first-order chi connectivity index (χ1) is 12.2. The number of aryl methyl sites for hydroxylation is 1. The Morgan fingerprint density at radius 3 is 2.64 bits per heavy atom. The second-order valence-electron chi connectivity index (χ2n) is 6.00. The van der Waals surface area contributed by atoms with Gasteiger partial charge in [-0.15, -0.1) is 0 Å². The minimum absolute atomic E-state index is 0.135. The van der Waals surface area contributed by atoms with Crippen molar-refractivity contribution >= 4 is 5.78 Å². The van der Waals surface area contributed by atoms with Gasteiger partial charge in [0.1, 0.15) is 24.5 Å². The van der Waals surface area contributed by atoms with E-state index in [9.17, 15) is 9.18 Å². The third-order valence-corrected chi connectivity index (χ3v) is 4.20. The molecule has 2 aromatic carbocycles. The van der Waals surface area contributed by atoms with Crippen molar-refractivity contribution in [2.75, 3.05) is 0 Å². The number of benzene rings is 2. The Morgan fingerprint density at radius 2 is 1.92 bits per heavy atom.